The van der Waals surface area contributed by atoms with Gasteiger partial charge >= 0.3 is 39.5 Å². The van der Waals surface area contributed by atoms with Crippen molar-refractivity contribution in [1.82, 2.24) is 0 Å². The van der Waals surface area contributed by atoms with E-state index in [0.717, 1.165) is 120 Å². The molecule has 0 rings (SSSR count). The van der Waals surface area contributed by atoms with Gasteiger partial charge in [0, 0.05) is 25.7 Å². The van der Waals surface area contributed by atoms with Crippen LogP contribution in [0.25, 0.3) is 0 Å². The molecule has 0 saturated carbocycles. The number of unbranched alkanes of at least 4 members (excludes halogenated alkanes) is 46. The molecule has 0 aliphatic carbocycles. The lowest BCUT2D eigenvalue weighted by molar-refractivity contribution is -0.161. The Balaban J connectivity index is 5.17. The average molecular weight is 1480 g/mol. The minimum atomic E-state index is -4.96. The third-order valence-electron chi connectivity index (χ3n) is 19.9. The Morgan fingerprint density at radius 1 is 0.287 bits per heavy atom. The molecule has 0 radical (unpaired) electrons. The fraction of sp³-hybridized carbons (Fsp3) is 0.951. The lowest BCUT2D eigenvalue weighted by Gasteiger charge is -2.21. The van der Waals surface area contributed by atoms with Crippen LogP contribution in [-0.2, 0) is 65.4 Å². The maximum atomic E-state index is 13.1. The zero-order chi connectivity index (χ0) is 74.4. The van der Waals surface area contributed by atoms with E-state index in [-0.39, 0.29) is 25.7 Å². The normalized spacial score (nSPS) is 14.5. The molecule has 0 aromatic carbocycles. The topological polar surface area (TPSA) is 237 Å². The Morgan fingerprint density at radius 3 is 0.752 bits per heavy atom. The van der Waals surface area contributed by atoms with Crippen molar-refractivity contribution >= 4 is 39.5 Å². The van der Waals surface area contributed by atoms with E-state index in [9.17, 15) is 43.2 Å². The third kappa shape index (κ3) is 73.4. The first-order valence-electron chi connectivity index (χ1n) is 42.4. The lowest BCUT2D eigenvalue weighted by atomic mass is 9.99. The predicted molar refractivity (Wildman–Crippen MR) is 414 cm³/mol. The van der Waals surface area contributed by atoms with Gasteiger partial charge in [-0.25, -0.2) is 9.13 Å². The minimum absolute atomic E-state index is 0.106. The van der Waals surface area contributed by atoms with Crippen LogP contribution in [0.1, 0.15) is 427 Å². The van der Waals surface area contributed by atoms with Crippen LogP contribution in [0.3, 0.4) is 0 Å². The van der Waals surface area contributed by atoms with E-state index < -0.39 is 97.5 Å². The molecule has 7 atom stereocenters. The number of hydrogen-bond acceptors (Lipinski definition) is 15. The zero-order valence-corrected chi connectivity index (χ0v) is 68.2. The number of hydrogen-bond donors (Lipinski definition) is 3. The van der Waals surface area contributed by atoms with Crippen LogP contribution in [0.2, 0.25) is 0 Å². The van der Waals surface area contributed by atoms with Gasteiger partial charge in [0.2, 0.25) is 0 Å². The highest BCUT2D eigenvalue weighted by molar-refractivity contribution is 7.47. The number of aliphatic hydroxyl groups is 1. The first kappa shape index (κ1) is 99.1. The van der Waals surface area contributed by atoms with Gasteiger partial charge < -0.3 is 33.8 Å². The van der Waals surface area contributed by atoms with Gasteiger partial charge in [0.25, 0.3) is 0 Å². The van der Waals surface area contributed by atoms with Crippen LogP contribution in [0.4, 0.5) is 0 Å². The van der Waals surface area contributed by atoms with Gasteiger partial charge in [0.15, 0.2) is 12.2 Å². The summed E-state index contributed by atoms with van der Waals surface area (Å²) in [6, 6.07) is 0. The molecular formula is C82H160O17P2. The average Bonchev–Trinajstić information content (AvgIpc) is 0.933. The van der Waals surface area contributed by atoms with E-state index in [1.807, 2.05) is 0 Å². The Hall–Kier alpha value is -1.94. The summed E-state index contributed by atoms with van der Waals surface area (Å²) >= 11 is 0. The maximum Gasteiger partial charge on any atom is 0.472 e. The summed E-state index contributed by atoms with van der Waals surface area (Å²) < 4.78 is 68.6. The molecule has 0 aliphatic rings. The van der Waals surface area contributed by atoms with E-state index in [0.29, 0.717) is 25.7 Å². The summed E-state index contributed by atoms with van der Waals surface area (Å²) in [5.74, 6) is 0.366. The number of ether oxygens (including phenoxy) is 4. The van der Waals surface area contributed by atoms with Crippen LogP contribution in [-0.4, -0.2) is 96.7 Å². The standard InChI is InChI=1S/C82H160O17P2/c1-8-11-12-13-39-49-56-63-79(84)92-69-77(98-82(87)66-59-52-45-38-32-31-35-42-48-55-62-75(7)10-3)71-96-100(88,89)94-67-76(83)68-95-101(90,91)97-72-78(70-93-80(85)64-57-50-43-36-29-25-22-18-19-23-27-33-40-46-53-60-73(4)5)99-81(86)65-58-51-44-37-30-26-21-17-15-14-16-20-24-28-34-41-47-54-61-74(6)9-2/h73-78,83H,8-72H2,1-7H3,(H,88,89)(H,90,91)/t74?,75?,76-,77+,78+/m0/s1. The molecule has 3 N–H and O–H groups in total. The summed E-state index contributed by atoms with van der Waals surface area (Å²) in [5.41, 5.74) is 0. The summed E-state index contributed by atoms with van der Waals surface area (Å²) in [7, 11) is -9.92. The van der Waals surface area contributed by atoms with Crippen LogP contribution in [0.5, 0.6) is 0 Å². The molecule has 0 aromatic rings. The molecular weight excluding hydrogens is 1320 g/mol. The van der Waals surface area contributed by atoms with Crippen molar-refractivity contribution in [1.29, 1.82) is 0 Å². The second kappa shape index (κ2) is 72.3. The molecule has 4 unspecified atom stereocenters. The van der Waals surface area contributed by atoms with Gasteiger partial charge in [-0.15, -0.1) is 0 Å². The fourth-order valence-corrected chi connectivity index (χ4v) is 14.2. The summed E-state index contributed by atoms with van der Waals surface area (Å²) in [5, 5.41) is 10.6. The Kier molecular flexibility index (Phi) is 70.9. The van der Waals surface area contributed by atoms with E-state index >= 15 is 0 Å². The molecule has 0 aromatic heterocycles. The number of esters is 4. The number of rotatable bonds is 80. The number of phosphoric ester groups is 2. The van der Waals surface area contributed by atoms with Crippen molar-refractivity contribution in [2.75, 3.05) is 39.6 Å². The smallest absolute Gasteiger partial charge is 0.462 e. The highest BCUT2D eigenvalue weighted by Gasteiger charge is 2.30. The molecule has 0 fully saturated rings. The zero-order valence-electron chi connectivity index (χ0n) is 66.4. The second-order valence-electron chi connectivity index (χ2n) is 30.5. The van der Waals surface area contributed by atoms with Gasteiger partial charge in [-0.05, 0) is 43.4 Å². The molecule has 17 nitrogen and oxygen atoms in total. The summed E-state index contributed by atoms with van der Waals surface area (Å²) in [4.78, 5) is 72.9. The van der Waals surface area contributed by atoms with Crippen LogP contribution < -0.4 is 0 Å². The Bertz CT molecular complexity index is 1960. The molecule has 0 bridgehead atoms. The van der Waals surface area contributed by atoms with Gasteiger partial charge in [-0.2, -0.15) is 0 Å². The molecule has 0 amide bonds. The van der Waals surface area contributed by atoms with E-state index in [2.05, 4.69) is 48.5 Å². The molecule has 19 heteroatoms. The minimum Gasteiger partial charge on any atom is -0.462 e. The highest BCUT2D eigenvalue weighted by Crippen LogP contribution is 2.45. The Labute approximate surface area is 619 Å². The number of aliphatic hydroxyl groups excluding tert-OH is 1. The van der Waals surface area contributed by atoms with Crippen molar-refractivity contribution in [3.8, 4) is 0 Å². The summed E-state index contributed by atoms with van der Waals surface area (Å²) in [6.45, 7) is 12.0. The quantitative estimate of drug-likeness (QED) is 0.0222. The van der Waals surface area contributed by atoms with Gasteiger partial charge in [-0.3, -0.25) is 37.3 Å². The van der Waals surface area contributed by atoms with Crippen molar-refractivity contribution < 1.29 is 80.2 Å². The second-order valence-corrected chi connectivity index (χ2v) is 33.4. The van der Waals surface area contributed by atoms with Crippen molar-refractivity contribution in [2.24, 2.45) is 17.8 Å². The monoisotopic (exact) mass is 1480 g/mol. The first-order chi connectivity index (χ1) is 48.8. The molecule has 0 heterocycles. The van der Waals surface area contributed by atoms with Crippen LogP contribution in [0.15, 0.2) is 0 Å². The highest BCUT2D eigenvalue weighted by atomic mass is 31.2. The number of carbonyl (C=O) groups excluding carboxylic acids is 4. The largest absolute Gasteiger partial charge is 0.472 e. The predicted octanol–water partition coefficient (Wildman–Crippen LogP) is 24.5. The Morgan fingerprint density at radius 2 is 0.505 bits per heavy atom. The van der Waals surface area contributed by atoms with Gasteiger partial charge in [-0.1, -0.05) is 376 Å². The molecule has 0 aliphatic heterocycles. The summed E-state index contributed by atoms with van der Waals surface area (Å²) in [6.07, 6.45) is 61.2. The van der Waals surface area contributed by atoms with Crippen molar-refractivity contribution in [3.05, 3.63) is 0 Å². The van der Waals surface area contributed by atoms with E-state index in [4.69, 9.17) is 37.0 Å². The van der Waals surface area contributed by atoms with Crippen molar-refractivity contribution in [3.63, 3.8) is 0 Å². The number of phosphoric acid groups is 2. The molecule has 0 spiro atoms. The first-order valence-corrected chi connectivity index (χ1v) is 45.4. The van der Waals surface area contributed by atoms with Gasteiger partial charge in [0.05, 0.1) is 26.4 Å². The molecule has 101 heavy (non-hydrogen) atoms. The number of carbonyl (C=O) groups is 4. The lowest BCUT2D eigenvalue weighted by Crippen LogP contribution is -2.30. The molecule has 0 saturated heterocycles. The van der Waals surface area contributed by atoms with Crippen molar-refractivity contribution in [2.45, 2.75) is 446 Å². The van der Waals surface area contributed by atoms with Gasteiger partial charge in [0.1, 0.15) is 19.3 Å². The van der Waals surface area contributed by atoms with E-state index in [1.54, 1.807) is 0 Å². The molecule has 600 valence electrons. The fourth-order valence-electron chi connectivity index (χ4n) is 12.6. The van der Waals surface area contributed by atoms with E-state index in [1.165, 1.54) is 225 Å². The SMILES string of the molecule is CCCCCCCCCC(=O)OC[C@H](COP(=O)(O)OC[C@H](O)COP(=O)(O)OC[C@@H](COC(=O)CCCCCCCCCCCCCCCCCC(C)C)OC(=O)CCCCCCCCCCCCCCCCCCCCC(C)CC)OC(=O)CCCCCCCCCCCCC(C)CC. The van der Waals surface area contributed by atoms with Crippen LogP contribution >= 0.6 is 15.6 Å². The maximum absolute atomic E-state index is 13.1. The van der Waals surface area contributed by atoms with Crippen LogP contribution in [0, 0.1) is 17.8 Å². The third-order valence-corrected chi connectivity index (χ3v) is 21.8.